The van der Waals surface area contributed by atoms with E-state index >= 15 is 0 Å². The molecule has 0 spiro atoms. The second-order valence-corrected chi connectivity index (χ2v) is 8.15. The molecule has 0 aliphatic heterocycles. The summed E-state index contributed by atoms with van der Waals surface area (Å²) in [7, 11) is -1.74. The molecule has 1 rings (SSSR count). The Kier molecular flexibility index (Phi) is 8.21. The lowest BCUT2D eigenvalue weighted by Gasteiger charge is -2.21. The number of rotatable bonds is 10. The third-order valence-corrected chi connectivity index (χ3v) is 4.87. The number of nitrogens with zero attached hydrogens (tertiary/aromatic N) is 1. The zero-order chi connectivity index (χ0) is 18.2. The molecule has 24 heavy (non-hydrogen) atoms. The van der Waals surface area contributed by atoms with Gasteiger partial charge >= 0.3 is 0 Å². The Morgan fingerprint density at radius 2 is 1.92 bits per heavy atom. The van der Waals surface area contributed by atoms with E-state index in [1.54, 1.807) is 7.11 Å². The number of carbonyl (C=O) groups excluding carboxylic acids is 1. The first-order chi connectivity index (χ1) is 11.2. The molecule has 0 bridgehead atoms. The Balaban J connectivity index is 2.59. The molecule has 7 heteroatoms. The number of sulfonamides is 1. The SMILES string of the molecule is COc1ccccc1CCN(CCNC(=O)CC(C)C)S(C)(=O)=O. The molecule has 0 unspecified atom stereocenters. The van der Waals surface area contributed by atoms with E-state index in [0.717, 1.165) is 11.3 Å². The van der Waals surface area contributed by atoms with Crippen molar-refractivity contribution in [1.29, 1.82) is 0 Å². The van der Waals surface area contributed by atoms with Crippen LogP contribution in [-0.4, -0.2) is 51.6 Å². The molecule has 0 aliphatic rings. The fourth-order valence-electron chi connectivity index (χ4n) is 2.36. The molecule has 1 aromatic carbocycles. The van der Waals surface area contributed by atoms with Crippen molar-refractivity contribution < 1.29 is 17.9 Å². The Bertz CT molecular complexity index is 629. The first kappa shape index (κ1) is 20.4. The molecule has 0 atom stereocenters. The summed E-state index contributed by atoms with van der Waals surface area (Å²) in [5.41, 5.74) is 0.956. The van der Waals surface area contributed by atoms with Crippen LogP contribution in [0.25, 0.3) is 0 Å². The van der Waals surface area contributed by atoms with Crippen molar-refractivity contribution in [2.45, 2.75) is 26.7 Å². The van der Waals surface area contributed by atoms with Crippen LogP contribution in [0.4, 0.5) is 0 Å². The van der Waals surface area contributed by atoms with Crippen LogP contribution >= 0.6 is 0 Å². The summed E-state index contributed by atoms with van der Waals surface area (Å²) in [4.78, 5) is 11.7. The van der Waals surface area contributed by atoms with Gasteiger partial charge in [-0.15, -0.1) is 0 Å². The maximum Gasteiger partial charge on any atom is 0.220 e. The molecule has 1 amide bonds. The number of carbonyl (C=O) groups is 1. The second-order valence-electron chi connectivity index (χ2n) is 6.17. The predicted molar refractivity (Wildman–Crippen MR) is 95.6 cm³/mol. The summed E-state index contributed by atoms with van der Waals surface area (Å²) in [6.45, 7) is 4.85. The highest BCUT2D eigenvalue weighted by Crippen LogP contribution is 2.18. The Morgan fingerprint density at radius 3 is 2.50 bits per heavy atom. The van der Waals surface area contributed by atoms with Crippen LogP contribution in [0.5, 0.6) is 5.75 Å². The fourth-order valence-corrected chi connectivity index (χ4v) is 3.21. The van der Waals surface area contributed by atoms with Gasteiger partial charge in [0.05, 0.1) is 13.4 Å². The van der Waals surface area contributed by atoms with Gasteiger partial charge in [0.1, 0.15) is 5.75 Å². The molecule has 0 aliphatic carbocycles. The predicted octanol–water partition coefficient (Wildman–Crippen LogP) is 1.66. The largest absolute Gasteiger partial charge is 0.496 e. The summed E-state index contributed by atoms with van der Waals surface area (Å²) in [5.74, 6) is 0.973. The molecule has 0 aromatic heterocycles. The van der Waals surface area contributed by atoms with Crippen molar-refractivity contribution in [2.24, 2.45) is 5.92 Å². The van der Waals surface area contributed by atoms with E-state index in [0.29, 0.717) is 25.9 Å². The minimum Gasteiger partial charge on any atom is -0.496 e. The van der Waals surface area contributed by atoms with Crippen LogP contribution in [0, 0.1) is 5.92 Å². The summed E-state index contributed by atoms with van der Waals surface area (Å²) in [6.07, 6.45) is 2.18. The van der Waals surface area contributed by atoms with Gasteiger partial charge < -0.3 is 10.1 Å². The zero-order valence-electron chi connectivity index (χ0n) is 14.9. The molecule has 6 nitrogen and oxygen atoms in total. The number of methoxy groups -OCH3 is 1. The third-order valence-electron chi connectivity index (χ3n) is 3.57. The summed E-state index contributed by atoms with van der Waals surface area (Å²) in [5, 5.41) is 2.77. The Morgan fingerprint density at radius 1 is 1.25 bits per heavy atom. The zero-order valence-corrected chi connectivity index (χ0v) is 15.7. The fraction of sp³-hybridized carbons (Fsp3) is 0.588. The van der Waals surface area contributed by atoms with Gasteiger partial charge in [-0.3, -0.25) is 4.79 Å². The number of ether oxygens (including phenoxy) is 1. The van der Waals surface area contributed by atoms with Crippen molar-refractivity contribution in [3.05, 3.63) is 29.8 Å². The van der Waals surface area contributed by atoms with Crippen molar-refractivity contribution in [3.8, 4) is 5.75 Å². The molecular weight excluding hydrogens is 328 g/mol. The van der Waals surface area contributed by atoms with Gasteiger partial charge in [-0.25, -0.2) is 12.7 Å². The van der Waals surface area contributed by atoms with Crippen molar-refractivity contribution in [3.63, 3.8) is 0 Å². The minimum atomic E-state index is -3.33. The van der Waals surface area contributed by atoms with E-state index in [9.17, 15) is 13.2 Å². The van der Waals surface area contributed by atoms with Crippen LogP contribution in [-0.2, 0) is 21.2 Å². The van der Waals surface area contributed by atoms with Gasteiger partial charge in [0, 0.05) is 26.1 Å². The highest BCUT2D eigenvalue weighted by molar-refractivity contribution is 7.88. The van der Waals surface area contributed by atoms with Crippen LogP contribution in [0.1, 0.15) is 25.8 Å². The average molecular weight is 356 g/mol. The Labute approximate surface area is 145 Å². The molecule has 1 N–H and O–H groups in total. The molecule has 0 saturated carbocycles. The van der Waals surface area contributed by atoms with Gasteiger partial charge in [0.15, 0.2) is 0 Å². The summed E-state index contributed by atoms with van der Waals surface area (Å²) in [6, 6.07) is 7.55. The van der Waals surface area contributed by atoms with Crippen LogP contribution in [0.3, 0.4) is 0 Å². The lowest BCUT2D eigenvalue weighted by Crippen LogP contribution is -2.39. The summed E-state index contributed by atoms with van der Waals surface area (Å²) >= 11 is 0. The average Bonchev–Trinajstić information content (AvgIpc) is 2.49. The molecule has 1 aromatic rings. The number of nitrogens with one attached hydrogen (secondary N) is 1. The highest BCUT2D eigenvalue weighted by Gasteiger charge is 2.17. The number of para-hydroxylation sites is 1. The van der Waals surface area contributed by atoms with Crippen LogP contribution in [0.15, 0.2) is 24.3 Å². The molecule has 0 heterocycles. The lowest BCUT2D eigenvalue weighted by atomic mass is 10.1. The quantitative estimate of drug-likeness (QED) is 0.692. The van der Waals surface area contributed by atoms with E-state index in [1.165, 1.54) is 10.6 Å². The Hall–Kier alpha value is -1.60. The lowest BCUT2D eigenvalue weighted by molar-refractivity contribution is -0.121. The number of amides is 1. The minimum absolute atomic E-state index is 0.0526. The normalized spacial score (nSPS) is 11.8. The smallest absolute Gasteiger partial charge is 0.220 e. The van der Waals surface area contributed by atoms with E-state index in [4.69, 9.17) is 4.74 Å². The topological polar surface area (TPSA) is 75.7 Å². The van der Waals surface area contributed by atoms with Crippen LogP contribution < -0.4 is 10.1 Å². The molecule has 0 fully saturated rings. The molecule has 136 valence electrons. The van der Waals surface area contributed by atoms with Crippen LogP contribution in [0.2, 0.25) is 0 Å². The number of hydrogen-bond acceptors (Lipinski definition) is 4. The standard InChI is InChI=1S/C17H28N2O4S/c1-14(2)13-17(20)18-10-12-19(24(4,21)22)11-9-15-7-5-6-8-16(15)23-3/h5-8,14H,9-13H2,1-4H3,(H,18,20). The molecule has 0 saturated heterocycles. The van der Waals surface area contributed by atoms with E-state index in [2.05, 4.69) is 5.32 Å². The third kappa shape index (κ3) is 7.31. The van der Waals surface area contributed by atoms with E-state index in [1.807, 2.05) is 38.1 Å². The van der Waals surface area contributed by atoms with Gasteiger partial charge in [-0.05, 0) is 24.0 Å². The van der Waals surface area contributed by atoms with Crippen molar-refractivity contribution in [1.82, 2.24) is 9.62 Å². The maximum absolute atomic E-state index is 11.9. The number of benzene rings is 1. The van der Waals surface area contributed by atoms with Crippen molar-refractivity contribution in [2.75, 3.05) is 33.0 Å². The molecule has 0 radical (unpaired) electrons. The van der Waals surface area contributed by atoms with E-state index < -0.39 is 10.0 Å². The van der Waals surface area contributed by atoms with Gasteiger partial charge in [-0.1, -0.05) is 32.0 Å². The summed E-state index contributed by atoms with van der Waals surface area (Å²) < 4.78 is 30.6. The monoisotopic (exact) mass is 356 g/mol. The molecular formula is C17H28N2O4S. The first-order valence-electron chi connectivity index (χ1n) is 8.07. The first-order valence-corrected chi connectivity index (χ1v) is 9.92. The van der Waals surface area contributed by atoms with Crippen molar-refractivity contribution >= 4 is 15.9 Å². The maximum atomic E-state index is 11.9. The highest BCUT2D eigenvalue weighted by atomic mass is 32.2. The van der Waals surface area contributed by atoms with Gasteiger partial charge in [-0.2, -0.15) is 0 Å². The van der Waals surface area contributed by atoms with E-state index in [-0.39, 0.29) is 18.4 Å². The number of hydrogen-bond donors (Lipinski definition) is 1. The second kappa shape index (κ2) is 9.64. The van der Waals surface area contributed by atoms with Gasteiger partial charge in [0.25, 0.3) is 0 Å². The van der Waals surface area contributed by atoms with Gasteiger partial charge in [0.2, 0.25) is 15.9 Å².